The third-order valence-electron chi connectivity index (χ3n) is 2.91. The number of H-pyrrole nitrogens is 1. The number of nitrogens with two attached hydrogens (primary N) is 1. The highest BCUT2D eigenvalue weighted by Gasteiger charge is 2.19. The molecule has 2 aromatic rings. The van der Waals surface area contributed by atoms with Gasteiger partial charge < -0.3 is 15.3 Å². The van der Waals surface area contributed by atoms with Gasteiger partial charge in [0.1, 0.15) is 6.04 Å². The van der Waals surface area contributed by atoms with Crippen molar-refractivity contribution in [3.63, 3.8) is 0 Å². The second-order valence-corrected chi connectivity index (χ2v) is 6.67. The molecule has 102 valence electrons. The van der Waals surface area contributed by atoms with E-state index in [9.17, 15) is 13.2 Å². The molecular formula is C11H13N3O3S2. The second-order valence-electron chi connectivity index (χ2n) is 4.30. The predicted octanol–water partition coefficient (Wildman–Crippen LogP) is 1.15. The summed E-state index contributed by atoms with van der Waals surface area (Å²) in [4.78, 5) is 14.3. The van der Waals surface area contributed by atoms with Gasteiger partial charge in [-0.05, 0) is 31.3 Å². The molecular weight excluding hydrogens is 286 g/mol. The molecule has 0 saturated heterocycles. The lowest BCUT2D eigenvalue weighted by molar-refractivity contribution is -0.120. The van der Waals surface area contributed by atoms with Crippen LogP contribution in [-0.4, -0.2) is 30.1 Å². The Labute approximate surface area is 115 Å². The van der Waals surface area contributed by atoms with Crippen LogP contribution in [-0.2, 0) is 14.6 Å². The number of rotatable bonds is 3. The van der Waals surface area contributed by atoms with Crippen molar-refractivity contribution in [1.82, 2.24) is 9.55 Å². The number of imidazole rings is 1. The minimum absolute atomic E-state index is 0.145. The average molecular weight is 299 g/mol. The first-order valence-electron chi connectivity index (χ1n) is 5.46. The number of aromatic amines is 1. The summed E-state index contributed by atoms with van der Waals surface area (Å²) in [6.45, 7) is 1.61. The highest BCUT2D eigenvalue weighted by molar-refractivity contribution is 7.91. The number of nitrogens with zero attached hydrogens (tertiary/aromatic N) is 1. The lowest BCUT2D eigenvalue weighted by Crippen LogP contribution is -2.23. The lowest BCUT2D eigenvalue weighted by Gasteiger charge is -2.10. The Bertz CT molecular complexity index is 817. The molecule has 0 saturated carbocycles. The Kier molecular flexibility index (Phi) is 3.23. The fourth-order valence-corrected chi connectivity index (χ4v) is 3.15. The number of carbonyl (C=O) groups excluding carboxylic acids is 1. The Morgan fingerprint density at radius 3 is 2.63 bits per heavy atom. The van der Waals surface area contributed by atoms with E-state index in [1.54, 1.807) is 19.1 Å². The first kappa shape index (κ1) is 13.8. The van der Waals surface area contributed by atoms with E-state index in [0.717, 1.165) is 6.26 Å². The van der Waals surface area contributed by atoms with Gasteiger partial charge in [0.25, 0.3) is 0 Å². The largest absolute Gasteiger partial charge is 0.368 e. The maximum Gasteiger partial charge on any atom is 0.240 e. The Morgan fingerprint density at radius 1 is 1.47 bits per heavy atom. The molecule has 0 aliphatic carbocycles. The zero-order valence-corrected chi connectivity index (χ0v) is 12.0. The first-order valence-corrected chi connectivity index (χ1v) is 7.76. The maximum atomic E-state index is 11.7. The smallest absolute Gasteiger partial charge is 0.240 e. The summed E-state index contributed by atoms with van der Waals surface area (Å²) in [6.07, 6.45) is 1.12. The fourth-order valence-electron chi connectivity index (χ4n) is 1.94. The molecule has 1 amide bonds. The average Bonchev–Trinajstić information content (AvgIpc) is 2.61. The monoisotopic (exact) mass is 299 g/mol. The number of carbonyl (C=O) groups is 1. The third-order valence-corrected chi connectivity index (χ3v) is 4.35. The Hall–Kier alpha value is -1.67. The second kappa shape index (κ2) is 4.46. The van der Waals surface area contributed by atoms with Crippen LogP contribution in [0.1, 0.15) is 13.0 Å². The number of amides is 1. The molecule has 1 unspecified atom stereocenters. The van der Waals surface area contributed by atoms with E-state index in [1.165, 1.54) is 10.6 Å². The topological polar surface area (TPSA) is 97.9 Å². The number of sulfone groups is 1. The van der Waals surface area contributed by atoms with Gasteiger partial charge >= 0.3 is 0 Å². The number of hydrogen-bond donors (Lipinski definition) is 2. The lowest BCUT2D eigenvalue weighted by atomic mass is 10.2. The Balaban J connectivity index is 2.88. The van der Waals surface area contributed by atoms with E-state index in [1.807, 2.05) is 0 Å². The third kappa shape index (κ3) is 2.28. The number of benzene rings is 1. The van der Waals surface area contributed by atoms with Gasteiger partial charge in [-0.2, -0.15) is 0 Å². The van der Waals surface area contributed by atoms with Crippen LogP contribution in [0.2, 0.25) is 0 Å². The highest BCUT2D eigenvalue weighted by Crippen LogP contribution is 2.25. The van der Waals surface area contributed by atoms with Crippen LogP contribution >= 0.6 is 12.2 Å². The van der Waals surface area contributed by atoms with Crippen molar-refractivity contribution in [3.05, 3.63) is 23.0 Å². The van der Waals surface area contributed by atoms with Gasteiger partial charge in [-0.15, -0.1) is 0 Å². The van der Waals surface area contributed by atoms with Gasteiger partial charge in [0.05, 0.1) is 15.9 Å². The molecule has 1 aromatic carbocycles. The van der Waals surface area contributed by atoms with Crippen molar-refractivity contribution < 1.29 is 13.2 Å². The summed E-state index contributed by atoms with van der Waals surface area (Å²) in [5, 5.41) is 0. The van der Waals surface area contributed by atoms with Gasteiger partial charge in [-0.3, -0.25) is 4.79 Å². The number of nitrogens with one attached hydrogen (secondary N) is 1. The van der Waals surface area contributed by atoms with Crippen LogP contribution in [0.25, 0.3) is 11.0 Å². The van der Waals surface area contributed by atoms with Crippen LogP contribution in [0.3, 0.4) is 0 Å². The van der Waals surface area contributed by atoms with Crippen molar-refractivity contribution in [1.29, 1.82) is 0 Å². The minimum Gasteiger partial charge on any atom is -0.368 e. The number of hydrogen-bond acceptors (Lipinski definition) is 4. The number of fused-ring (bicyclic) bond motifs is 1. The van der Waals surface area contributed by atoms with E-state index in [0.29, 0.717) is 11.0 Å². The summed E-state index contributed by atoms with van der Waals surface area (Å²) in [6, 6.07) is 4.12. The summed E-state index contributed by atoms with van der Waals surface area (Å²) in [7, 11) is -3.39. The standard InChI is InChI=1S/C11H13N3O3S2/c1-6(10(12)15)14-7-4-3-5-8(19(2,16)17)9(7)13-11(14)18/h3-6H,1-2H3,(H2,12,15)(H,13,18). The van der Waals surface area contributed by atoms with Crippen molar-refractivity contribution >= 4 is 39.0 Å². The van der Waals surface area contributed by atoms with Crippen molar-refractivity contribution in [2.75, 3.05) is 6.26 Å². The molecule has 0 bridgehead atoms. The molecule has 0 radical (unpaired) electrons. The van der Waals surface area contributed by atoms with E-state index in [-0.39, 0.29) is 9.67 Å². The number of para-hydroxylation sites is 1. The summed E-state index contributed by atoms with van der Waals surface area (Å²) in [5.41, 5.74) is 6.21. The molecule has 6 nitrogen and oxygen atoms in total. The molecule has 8 heteroatoms. The molecule has 1 atom stereocenters. The van der Waals surface area contributed by atoms with Gasteiger partial charge in [0.15, 0.2) is 14.6 Å². The minimum atomic E-state index is -3.39. The molecule has 0 spiro atoms. The van der Waals surface area contributed by atoms with E-state index >= 15 is 0 Å². The maximum absolute atomic E-state index is 11.7. The Morgan fingerprint density at radius 2 is 2.11 bits per heavy atom. The molecule has 1 aromatic heterocycles. The number of aromatic nitrogens is 2. The fraction of sp³-hybridized carbons (Fsp3) is 0.273. The van der Waals surface area contributed by atoms with E-state index < -0.39 is 21.8 Å². The van der Waals surface area contributed by atoms with Crippen LogP contribution in [0, 0.1) is 4.77 Å². The summed E-state index contributed by atoms with van der Waals surface area (Å²) in [5.74, 6) is -0.540. The summed E-state index contributed by atoms with van der Waals surface area (Å²) < 4.78 is 25.2. The van der Waals surface area contributed by atoms with E-state index in [4.69, 9.17) is 18.0 Å². The normalized spacial score (nSPS) is 13.6. The summed E-state index contributed by atoms with van der Waals surface area (Å²) >= 11 is 5.14. The van der Waals surface area contributed by atoms with Crippen LogP contribution in [0.5, 0.6) is 0 Å². The van der Waals surface area contributed by atoms with E-state index in [2.05, 4.69) is 4.98 Å². The van der Waals surface area contributed by atoms with Crippen molar-refractivity contribution in [3.8, 4) is 0 Å². The van der Waals surface area contributed by atoms with Crippen LogP contribution in [0.4, 0.5) is 0 Å². The SMILES string of the molecule is CC(C(N)=O)n1c(=S)[nH]c2c(S(C)(=O)=O)cccc21. The molecule has 1 heterocycles. The molecule has 19 heavy (non-hydrogen) atoms. The molecule has 3 N–H and O–H groups in total. The quantitative estimate of drug-likeness (QED) is 0.831. The molecule has 0 aliphatic rings. The van der Waals surface area contributed by atoms with Crippen molar-refractivity contribution in [2.45, 2.75) is 17.9 Å². The number of primary amides is 1. The predicted molar refractivity (Wildman–Crippen MR) is 74.1 cm³/mol. The van der Waals surface area contributed by atoms with Crippen molar-refractivity contribution in [2.24, 2.45) is 5.73 Å². The van der Waals surface area contributed by atoms with Gasteiger partial charge in [0, 0.05) is 6.26 Å². The van der Waals surface area contributed by atoms with Crippen LogP contribution < -0.4 is 5.73 Å². The zero-order valence-electron chi connectivity index (χ0n) is 10.4. The highest BCUT2D eigenvalue weighted by atomic mass is 32.2. The van der Waals surface area contributed by atoms with Gasteiger partial charge in [0.2, 0.25) is 5.91 Å². The molecule has 0 fully saturated rings. The van der Waals surface area contributed by atoms with Crippen LogP contribution in [0.15, 0.2) is 23.1 Å². The van der Waals surface area contributed by atoms with Gasteiger partial charge in [-0.25, -0.2) is 8.42 Å². The van der Waals surface area contributed by atoms with Gasteiger partial charge in [-0.1, -0.05) is 6.07 Å². The molecule has 0 aliphatic heterocycles. The zero-order chi connectivity index (χ0) is 14.4. The molecule has 2 rings (SSSR count). The first-order chi connectivity index (χ1) is 8.73.